The van der Waals surface area contributed by atoms with Gasteiger partial charge in [-0.05, 0) is 19.9 Å². The topological polar surface area (TPSA) is 66.9 Å². The summed E-state index contributed by atoms with van der Waals surface area (Å²) in [6, 6.07) is 3.60. The summed E-state index contributed by atoms with van der Waals surface area (Å²) in [5.74, 6) is 1.29. The molecule has 22 heavy (non-hydrogen) atoms. The van der Waals surface area contributed by atoms with Crippen LogP contribution >= 0.6 is 0 Å². The highest BCUT2D eigenvalue weighted by atomic mass is 16.6. The molecule has 1 aromatic carbocycles. The Morgan fingerprint density at radius 1 is 1.09 bits per heavy atom. The molecular formula is C16H17NO5. The van der Waals surface area contributed by atoms with Gasteiger partial charge in [-0.1, -0.05) is 0 Å². The number of ether oxygens (including phenoxy) is 4. The summed E-state index contributed by atoms with van der Waals surface area (Å²) in [6.07, 6.45) is 1.47. The van der Waals surface area contributed by atoms with Crippen LogP contribution in [0.15, 0.2) is 18.3 Å². The number of cyclic esters (lactones) is 1. The molecule has 2 heterocycles. The summed E-state index contributed by atoms with van der Waals surface area (Å²) in [7, 11) is 0. The summed E-state index contributed by atoms with van der Waals surface area (Å²) in [6.45, 7) is 5.39. The van der Waals surface area contributed by atoms with E-state index in [1.54, 1.807) is 12.1 Å². The van der Waals surface area contributed by atoms with E-state index in [2.05, 4.69) is 4.98 Å². The average molecular weight is 303 g/mol. The van der Waals surface area contributed by atoms with Crippen LogP contribution in [0.5, 0.6) is 17.2 Å². The minimum absolute atomic E-state index is 0.227. The zero-order chi connectivity index (χ0) is 15.5. The number of carbonyl (C=O) groups is 1. The Labute approximate surface area is 127 Å². The van der Waals surface area contributed by atoms with Crippen LogP contribution in [0.25, 0.3) is 10.9 Å². The molecule has 0 fully saturated rings. The number of benzene rings is 1. The van der Waals surface area contributed by atoms with Crippen molar-refractivity contribution in [3.8, 4) is 17.2 Å². The molecule has 2 aromatic rings. The first kappa shape index (κ1) is 14.4. The molecule has 0 atom stereocenters. The highest BCUT2D eigenvalue weighted by Gasteiger charge is 2.22. The van der Waals surface area contributed by atoms with Gasteiger partial charge in [-0.3, -0.25) is 4.98 Å². The van der Waals surface area contributed by atoms with Crippen molar-refractivity contribution >= 4 is 16.9 Å². The number of pyridine rings is 1. The van der Waals surface area contributed by atoms with E-state index in [-0.39, 0.29) is 6.61 Å². The van der Waals surface area contributed by atoms with E-state index in [1.165, 1.54) is 6.20 Å². The zero-order valence-corrected chi connectivity index (χ0v) is 12.5. The lowest BCUT2D eigenvalue weighted by Crippen LogP contribution is -2.05. The van der Waals surface area contributed by atoms with Gasteiger partial charge < -0.3 is 18.9 Å². The van der Waals surface area contributed by atoms with E-state index in [9.17, 15) is 4.79 Å². The van der Waals surface area contributed by atoms with Crippen molar-refractivity contribution in [3.05, 3.63) is 23.9 Å². The molecule has 0 saturated heterocycles. The maximum absolute atomic E-state index is 11.9. The quantitative estimate of drug-likeness (QED) is 0.809. The molecule has 0 spiro atoms. The Morgan fingerprint density at radius 2 is 1.77 bits per heavy atom. The maximum atomic E-state index is 11.9. The number of hydrogen-bond acceptors (Lipinski definition) is 6. The van der Waals surface area contributed by atoms with E-state index >= 15 is 0 Å². The molecule has 0 aliphatic carbocycles. The van der Waals surface area contributed by atoms with Crippen LogP contribution in [0, 0.1) is 0 Å². The highest BCUT2D eigenvalue weighted by Crippen LogP contribution is 2.38. The van der Waals surface area contributed by atoms with Crippen molar-refractivity contribution in [2.45, 2.75) is 13.8 Å². The van der Waals surface area contributed by atoms with Gasteiger partial charge in [-0.15, -0.1) is 0 Å². The van der Waals surface area contributed by atoms with Gasteiger partial charge in [0.15, 0.2) is 11.5 Å². The van der Waals surface area contributed by atoms with Gasteiger partial charge >= 0.3 is 5.97 Å². The summed E-state index contributed by atoms with van der Waals surface area (Å²) in [5.41, 5.74) is 1.01. The third kappa shape index (κ3) is 2.52. The predicted molar refractivity (Wildman–Crippen MR) is 79.9 cm³/mol. The summed E-state index contributed by atoms with van der Waals surface area (Å²) >= 11 is 0. The van der Waals surface area contributed by atoms with Crippen molar-refractivity contribution in [2.24, 2.45) is 0 Å². The minimum Gasteiger partial charge on any atom is -0.490 e. The molecule has 6 nitrogen and oxygen atoms in total. The highest BCUT2D eigenvalue weighted by molar-refractivity contribution is 6.00. The molecule has 1 aliphatic rings. The van der Waals surface area contributed by atoms with Crippen LogP contribution in [0.4, 0.5) is 0 Å². The number of carbonyl (C=O) groups excluding carboxylic acids is 1. The molecule has 0 N–H and O–H groups in total. The second-order valence-corrected chi connectivity index (χ2v) is 4.67. The second-order valence-electron chi connectivity index (χ2n) is 4.67. The van der Waals surface area contributed by atoms with E-state index in [0.717, 1.165) is 0 Å². The van der Waals surface area contributed by atoms with Gasteiger partial charge in [0.25, 0.3) is 0 Å². The first-order valence-electron chi connectivity index (χ1n) is 7.26. The lowest BCUT2D eigenvalue weighted by atomic mass is 10.1. The van der Waals surface area contributed by atoms with Gasteiger partial charge in [0.1, 0.15) is 24.5 Å². The van der Waals surface area contributed by atoms with Crippen molar-refractivity contribution in [2.75, 3.05) is 26.4 Å². The Kier molecular flexibility index (Phi) is 4.00. The summed E-state index contributed by atoms with van der Waals surface area (Å²) < 4.78 is 22.0. The van der Waals surface area contributed by atoms with E-state index in [1.807, 2.05) is 13.8 Å². The molecule has 116 valence electrons. The van der Waals surface area contributed by atoms with Crippen LogP contribution in [0.2, 0.25) is 0 Å². The number of aromatic nitrogens is 1. The smallest absolute Gasteiger partial charge is 0.343 e. The minimum atomic E-state index is -0.422. The van der Waals surface area contributed by atoms with Gasteiger partial charge in [0.05, 0.1) is 18.7 Å². The Morgan fingerprint density at radius 3 is 2.50 bits per heavy atom. The van der Waals surface area contributed by atoms with Crippen molar-refractivity contribution in [1.82, 2.24) is 4.98 Å². The Hall–Kier alpha value is -2.50. The molecule has 6 heteroatoms. The largest absolute Gasteiger partial charge is 0.490 e. The number of nitrogens with zero attached hydrogens (tertiary/aromatic N) is 1. The first-order chi connectivity index (χ1) is 10.7. The number of rotatable bonds is 4. The van der Waals surface area contributed by atoms with E-state index in [4.69, 9.17) is 18.9 Å². The molecule has 3 rings (SSSR count). The lowest BCUT2D eigenvalue weighted by molar-refractivity contribution is 0.0492. The molecule has 1 aromatic heterocycles. The number of hydrogen-bond donors (Lipinski definition) is 0. The lowest BCUT2D eigenvalue weighted by Gasteiger charge is -2.14. The van der Waals surface area contributed by atoms with Crippen LogP contribution in [-0.4, -0.2) is 37.4 Å². The number of fused-ring (bicyclic) bond motifs is 3. The van der Waals surface area contributed by atoms with Gasteiger partial charge in [0, 0.05) is 17.6 Å². The van der Waals surface area contributed by atoms with E-state index in [0.29, 0.717) is 53.5 Å². The Balaban J connectivity index is 2.20. The monoisotopic (exact) mass is 303 g/mol. The third-order valence-corrected chi connectivity index (χ3v) is 3.27. The van der Waals surface area contributed by atoms with E-state index < -0.39 is 5.97 Å². The average Bonchev–Trinajstić information content (AvgIpc) is 2.70. The fraction of sp³-hybridized carbons (Fsp3) is 0.375. The summed E-state index contributed by atoms with van der Waals surface area (Å²) in [5, 5.41) is 0.711. The molecular weight excluding hydrogens is 286 g/mol. The number of esters is 1. The van der Waals surface area contributed by atoms with Gasteiger partial charge in [0.2, 0.25) is 0 Å². The molecule has 0 unspecified atom stereocenters. The molecule has 0 bridgehead atoms. The standard InChI is InChI=1S/C16H17NO5/c1-3-19-13-7-10-12(8-14(13)20-4-2)17-9-11-15(10)21-5-6-22-16(11)18/h7-9H,3-6H2,1-2H3. The fourth-order valence-electron chi connectivity index (χ4n) is 2.37. The SMILES string of the molecule is CCOc1cc2ncc3c(c2cc1OCC)OCCOC3=O. The van der Waals surface area contributed by atoms with Crippen LogP contribution in [0.3, 0.4) is 0 Å². The fourth-order valence-corrected chi connectivity index (χ4v) is 2.37. The first-order valence-corrected chi connectivity index (χ1v) is 7.26. The normalized spacial score (nSPS) is 13.8. The van der Waals surface area contributed by atoms with Crippen LogP contribution in [0.1, 0.15) is 24.2 Å². The molecule has 0 radical (unpaired) electrons. The van der Waals surface area contributed by atoms with Gasteiger partial charge in [-0.25, -0.2) is 4.79 Å². The van der Waals surface area contributed by atoms with Crippen molar-refractivity contribution in [3.63, 3.8) is 0 Å². The zero-order valence-electron chi connectivity index (χ0n) is 12.5. The van der Waals surface area contributed by atoms with Crippen LogP contribution in [-0.2, 0) is 4.74 Å². The Bertz CT molecular complexity index is 713. The maximum Gasteiger partial charge on any atom is 0.343 e. The van der Waals surface area contributed by atoms with Crippen molar-refractivity contribution in [1.29, 1.82) is 0 Å². The third-order valence-electron chi connectivity index (χ3n) is 3.27. The van der Waals surface area contributed by atoms with Gasteiger partial charge in [-0.2, -0.15) is 0 Å². The molecule has 0 saturated carbocycles. The predicted octanol–water partition coefficient (Wildman–Crippen LogP) is 2.58. The second kappa shape index (κ2) is 6.09. The van der Waals surface area contributed by atoms with Crippen molar-refractivity contribution < 1.29 is 23.7 Å². The molecule has 0 amide bonds. The molecule has 1 aliphatic heterocycles. The van der Waals surface area contributed by atoms with Crippen LogP contribution < -0.4 is 14.2 Å². The summed E-state index contributed by atoms with van der Waals surface area (Å²) in [4.78, 5) is 16.2.